The van der Waals surface area contributed by atoms with Crippen molar-refractivity contribution in [2.75, 3.05) is 19.3 Å². The van der Waals surface area contributed by atoms with Gasteiger partial charge in [-0.1, -0.05) is 0 Å². The summed E-state index contributed by atoms with van der Waals surface area (Å²) in [7, 11) is -3.24. The Balaban J connectivity index is 2.05. The number of nitrogens with one attached hydrogen (secondary N) is 1. The molecular weight excluding hydrogens is 268 g/mol. The molecule has 0 aliphatic carbocycles. The van der Waals surface area contributed by atoms with Gasteiger partial charge in [0.15, 0.2) is 0 Å². The molecular formula is C12H18N2O4S. The van der Waals surface area contributed by atoms with E-state index in [2.05, 4.69) is 4.72 Å². The fraction of sp³-hybridized carbons (Fsp3) is 0.583. The summed E-state index contributed by atoms with van der Waals surface area (Å²) >= 11 is 0. The summed E-state index contributed by atoms with van der Waals surface area (Å²) in [4.78, 5) is 14.0. The van der Waals surface area contributed by atoms with Crippen LogP contribution >= 0.6 is 0 Å². The van der Waals surface area contributed by atoms with E-state index in [1.807, 2.05) is 0 Å². The van der Waals surface area contributed by atoms with Crippen LogP contribution in [-0.4, -0.2) is 44.6 Å². The highest BCUT2D eigenvalue weighted by Crippen LogP contribution is 2.17. The lowest BCUT2D eigenvalue weighted by atomic mass is 10.1. The van der Waals surface area contributed by atoms with Crippen molar-refractivity contribution in [2.24, 2.45) is 0 Å². The van der Waals surface area contributed by atoms with Gasteiger partial charge < -0.3 is 9.32 Å². The molecule has 1 aliphatic heterocycles. The van der Waals surface area contributed by atoms with Crippen molar-refractivity contribution in [2.45, 2.75) is 25.8 Å². The molecule has 1 fully saturated rings. The Morgan fingerprint density at radius 2 is 2.26 bits per heavy atom. The molecule has 1 aliphatic rings. The van der Waals surface area contributed by atoms with E-state index in [-0.39, 0.29) is 11.9 Å². The number of piperidine rings is 1. The first-order valence-electron chi connectivity index (χ1n) is 6.17. The normalized spacial score (nSPS) is 20.5. The molecule has 2 heterocycles. The number of carbonyl (C=O) groups excluding carboxylic acids is 1. The van der Waals surface area contributed by atoms with Crippen molar-refractivity contribution in [1.29, 1.82) is 0 Å². The maximum atomic E-state index is 12.3. The molecule has 1 saturated heterocycles. The fourth-order valence-electron chi connectivity index (χ4n) is 2.34. The minimum Gasteiger partial charge on any atom is -0.469 e. The molecule has 0 unspecified atom stereocenters. The molecule has 0 aromatic carbocycles. The molecule has 7 heteroatoms. The predicted molar refractivity (Wildman–Crippen MR) is 70.4 cm³/mol. The molecule has 0 radical (unpaired) electrons. The Labute approximate surface area is 112 Å². The summed E-state index contributed by atoms with van der Waals surface area (Å²) in [5, 5.41) is 0. The molecule has 1 aromatic heterocycles. The molecule has 106 valence electrons. The number of rotatable bonds is 3. The molecule has 0 saturated carbocycles. The van der Waals surface area contributed by atoms with Crippen LogP contribution in [0.25, 0.3) is 0 Å². The minimum absolute atomic E-state index is 0.105. The van der Waals surface area contributed by atoms with Crippen molar-refractivity contribution < 1.29 is 17.6 Å². The van der Waals surface area contributed by atoms with Gasteiger partial charge in [0.1, 0.15) is 5.76 Å². The standard InChI is InChI=1S/C12H18N2O4S/c1-9-11(5-7-18-9)12(15)14-6-3-4-10(8-14)13-19(2,16)17/h5,7,10,13H,3-4,6,8H2,1-2H3/t10-/m1/s1. The third-order valence-electron chi connectivity index (χ3n) is 3.18. The Kier molecular flexibility index (Phi) is 3.96. The molecule has 1 atom stereocenters. The molecule has 2 rings (SSSR count). The zero-order chi connectivity index (χ0) is 14.0. The molecule has 0 bridgehead atoms. The van der Waals surface area contributed by atoms with E-state index in [9.17, 15) is 13.2 Å². The van der Waals surface area contributed by atoms with Gasteiger partial charge in [-0.2, -0.15) is 0 Å². The zero-order valence-electron chi connectivity index (χ0n) is 11.0. The number of furan rings is 1. The Morgan fingerprint density at radius 1 is 1.53 bits per heavy atom. The van der Waals surface area contributed by atoms with Crippen molar-refractivity contribution in [3.63, 3.8) is 0 Å². The van der Waals surface area contributed by atoms with Crippen molar-refractivity contribution >= 4 is 15.9 Å². The smallest absolute Gasteiger partial charge is 0.257 e. The predicted octanol–water partition coefficient (Wildman–Crippen LogP) is 0.742. The highest BCUT2D eigenvalue weighted by Gasteiger charge is 2.27. The van der Waals surface area contributed by atoms with Gasteiger partial charge >= 0.3 is 0 Å². The van der Waals surface area contributed by atoms with Crippen LogP contribution in [0.15, 0.2) is 16.7 Å². The summed E-state index contributed by atoms with van der Waals surface area (Å²) in [6, 6.07) is 1.44. The van der Waals surface area contributed by atoms with Crippen LogP contribution in [-0.2, 0) is 10.0 Å². The van der Waals surface area contributed by atoms with E-state index < -0.39 is 10.0 Å². The van der Waals surface area contributed by atoms with Gasteiger partial charge in [0.05, 0.1) is 18.1 Å². The first kappa shape index (κ1) is 14.1. The number of sulfonamides is 1. The number of carbonyl (C=O) groups is 1. The highest BCUT2D eigenvalue weighted by atomic mass is 32.2. The first-order valence-corrected chi connectivity index (χ1v) is 8.06. The van der Waals surface area contributed by atoms with Crippen molar-refractivity contribution in [1.82, 2.24) is 9.62 Å². The minimum atomic E-state index is -3.24. The van der Waals surface area contributed by atoms with E-state index in [4.69, 9.17) is 4.42 Å². The summed E-state index contributed by atoms with van der Waals surface area (Å²) in [6.45, 7) is 2.78. The maximum Gasteiger partial charge on any atom is 0.257 e. The quantitative estimate of drug-likeness (QED) is 0.889. The van der Waals surface area contributed by atoms with Gasteiger partial charge in [0, 0.05) is 19.1 Å². The highest BCUT2D eigenvalue weighted by molar-refractivity contribution is 7.88. The molecule has 0 spiro atoms. The van der Waals surface area contributed by atoms with Crippen molar-refractivity contribution in [3.05, 3.63) is 23.7 Å². The topological polar surface area (TPSA) is 79.6 Å². The van der Waals surface area contributed by atoms with Crippen LogP contribution in [0.1, 0.15) is 29.0 Å². The van der Waals surface area contributed by atoms with Crippen LogP contribution in [0.5, 0.6) is 0 Å². The summed E-state index contributed by atoms with van der Waals surface area (Å²) in [5.41, 5.74) is 0.542. The molecule has 1 aromatic rings. The maximum absolute atomic E-state index is 12.3. The molecule has 6 nitrogen and oxygen atoms in total. The lowest BCUT2D eigenvalue weighted by molar-refractivity contribution is 0.0701. The van der Waals surface area contributed by atoms with E-state index in [1.54, 1.807) is 17.9 Å². The number of nitrogens with zero attached hydrogens (tertiary/aromatic N) is 1. The lowest BCUT2D eigenvalue weighted by Crippen LogP contribution is -2.49. The second-order valence-corrected chi connectivity index (χ2v) is 6.65. The summed E-state index contributed by atoms with van der Waals surface area (Å²) in [5.74, 6) is 0.481. The second kappa shape index (κ2) is 5.34. The SMILES string of the molecule is Cc1occc1C(=O)N1CCC[C@@H](NS(C)(=O)=O)C1. The average molecular weight is 286 g/mol. The van der Waals surface area contributed by atoms with Gasteiger partial charge in [0.25, 0.3) is 5.91 Å². The van der Waals surface area contributed by atoms with Gasteiger partial charge in [-0.25, -0.2) is 13.1 Å². The second-order valence-electron chi connectivity index (χ2n) is 4.87. The number of likely N-dealkylation sites (tertiary alicyclic amines) is 1. The van der Waals surface area contributed by atoms with E-state index >= 15 is 0 Å². The van der Waals surface area contributed by atoms with Gasteiger partial charge in [-0.05, 0) is 25.8 Å². The number of aryl methyl sites for hydroxylation is 1. The zero-order valence-corrected chi connectivity index (χ0v) is 11.9. The molecule has 19 heavy (non-hydrogen) atoms. The third kappa shape index (κ3) is 3.57. The van der Waals surface area contributed by atoms with Crippen LogP contribution in [0.2, 0.25) is 0 Å². The third-order valence-corrected chi connectivity index (χ3v) is 3.94. The van der Waals surface area contributed by atoms with Crippen LogP contribution in [0.4, 0.5) is 0 Å². The van der Waals surface area contributed by atoms with E-state index in [0.717, 1.165) is 19.1 Å². The Morgan fingerprint density at radius 3 is 2.84 bits per heavy atom. The van der Waals surface area contributed by atoms with Crippen LogP contribution in [0, 0.1) is 6.92 Å². The van der Waals surface area contributed by atoms with Gasteiger partial charge in [0.2, 0.25) is 10.0 Å². The first-order chi connectivity index (χ1) is 8.87. The van der Waals surface area contributed by atoms with Gasteiger partial charge in [-0.3, -0.25) is 4.79 Å². The molecule has 1 amide bonds. The monoisotopic (exact) mass is 286 g/mol. The summed E-state index contributed by atoms with van der Waals surface area (Å²) in [6.07, 6.45) is 4.16. The fourth-order valence-corrected chi connectivity index (χ4v) is 3.14. The Hall–Kier alpha value is -1.34. The van der Waals surface area contributed by atoms with Crippen LogP contribution < -0.4 is 4.72 Å². The lowest BCUT2D eigenvalue weighted by Gasteiger charge is -2.32. The summed E-state index contributed by atoms with van der Waals surface area (Å²) < 4.78 is 30.1. The van der Waals surface area contributed by atoms with E-state index in [1.165, 1.54) is 6.26 Å². The number of hydrogen-bond donors (Lipinski definition) is 1. The van der Waals surface area contributed by atoms with E-state index in [0.29, 0.717) is 24.4 Å². The van der Waals surface area contributed by atoms with Gasteiger partial charge in [-0.15, -0.1) is 0 Å². The van der Waals surface area contributed by atoms with Crippen molar-refractivity contribution in [3.8, 4) is 0 Å². The molecule has 1 N–H and O–H groups in total. The Bertz CT molecular complexity index is 564. The number of amides is 1. The van der Waals surface area contributed by atoms with Crippen LogP contribution in [0.3, 0.4) is 0 Å². The average Bonchev–Trinajstić information content (AvgIpc) is 2.72. The largest absolute Gasteiger partial charge is 0.469 e. The number of hydrogen-bond acceptors (Lipinski definition) is 4.